The lowest BCUT2D eigenvalue weighted by atomic mass is 10.1. The van der Waals surface area contributed by atoms with Gasteiger partial charge in [-0.25, -0.2) is 13.6 Å². The number of carbonyl (C=O) groups excluding carboxylic acids is 1. The van der Waals surface area contributed by atoms with E-state index in [1.54, 1.807) is 12.1 Å². The van der Waals surface area contributed by atoms with Crippen LogP contribution in [0.15, 0.2) is 23.1 Å². The number of hydrogen-bond acceptors (Lipinski definition) is 3. The molecule has 1 aromatic carbocycles. The lowest BCUT2D eigenvalue weighted by Gasteiger charge is -2.09. The minimum absolute atomic E-state index is 0.0261. The van der Waals surface area contributed by atoms with Gasteiger partial charge in [0.2, 0.25) is 10.0 Å². The maximum atomic E-state index is 11.9. The van der Waals surface area contributed by atoms with Gasteiger partial charge >= 0.3 is 0 Å². The van der Waals surface area contributed by atoms with Crippen molar-refractivity contribution in [2.24, 2.45) is 5.14 Å². The topological polar surface area (TPSA) is 89.3 Å². The number of sulfonamides is 1. The molecular formula is C13H20N2O3S. The van der Waals surface area contributed by atoms with Crippen LogP contribution in [0.1, 0.15) is 42.6 Å². The van der Waals surface area contributed by atoms with Crippen LogP contribution in [0.2, 0.25) is 0 Å². The van der Waals surface area contributed by atoms with Crippen molar-refractivity contribution in [3.05, 3.63) is 29.3 Å². The number of hydrogen-bond donors (Lipinski definition) is 2. The van der Waals surface area contributed by atoms with Crippen molar-refractivity contribution in [2.45, 2.75) is 38.0 Å². The Morgan fingerprint density at radius 1 is 1.32 bits per heavy atom. The molecule has 5 nitrogen and oxygen atoms in total. The summed E-state index contributed by atoms with van der Waals surface area (Å²) < 4.78 is 23.0. The zero-order valence-corrected chi connectivity index (χ0v) is 12.1. The number of aryl methyl sites for hydroxylation is 1. The molecule has 0 fully saturated rings. The standard InChI is InChI=1S/C13H20N2O3S/c1-3-5-8-15-13(16)11-7-6-10(4-2)12(9-11)19(14,17)18/h6-7,9H,3-5,8H2,1-2H3,(H,15,16)(H2,14,17,18). The smallest absolute Gasteiger partial charge is 0.251 e. The molecular weight excluding hydrogens is 264 g/mol. The molecule has 0 saturated carbocycles. The third-order valence-electron chi connectivity index (χ3n) is 2.83. The van der Waals surface area contributed by atoms with Crippen LogP contribution in [0.3, 0.4) is 0 Å². The number of unbranched alkanes of at least 4 members (excludes halogenated alkanes) is 1. The molecule has 1 aromatic rings. The van der Waals surface area contributed by atoms with E-state index < -0.39 is 10.0 Å². The highest BCUT2D eigenvalue weighted by atomic mass is 32.2. The van der Waals surface area contributed by atoms with Gasteiger partial charge in [-0.3, -0.25) is 4.79 Å². The van der Waals surface area contributed by atoms with E-state index in [1.165, 1.54) is 6.07 Å². The van der Waals surface area contributed by atoms with E-state index in [-0.39, 0.29) is 10.8 Å². The largest absolute Gasteiger partial charge is 0.352 e. The van der Waals surface area contributed by atoms with Gasteiger partial charge in [-0.05, 0) is 30.5 Å². The van der Waals surface area contributed by atoms with E-state index >= 15 is 0 Å². The molecule has 1 amide bonds. The molecule has 0 heterocycles. The van der Waals surface area contributed by atoms with Crippen LogP contribution >= 0.6 is 0 Å². The number of carbonyl (C=O) groups is 1. The Labute approximate surface area is 114 Å². The molecule has 3 N–H and O–H groups in total. The van der Waals surface area contributed by atoms with Gasteiger partial charge in [-0.2, -0.15) is 0 Å². The number of rotatable bonds is 6. The molecule has 106 valence electrons. The second-order valence-corrected chi connectivity index (χ2v) is 5.86. The van der Waals surface area contributed by atoms with Crippen LogP contribution in [0.4, 0.5) is 0 Å². The normalized spacial score (nSPS) is 11.3. The summed E-state index contributed by atoms with van der Waals surface area (Å²) in [6.07, 6.45) is 2.42. The summed E-state index contributed by atoms with van der Waals surface area (Å²) in [4.78, 5) is 11.9. The summed E-state index contributed by atoms with van der Waals surface area (Å²) in [5.74, 6) is -0.277. The highest BCUT2D eigenvalue weighted by molar-refractivity contribution is 7.89. The van der Waals surface area contributed by atoms with Crippen molar-refractivity contribution in [1.29, 1.82) is 0 Å². The van der Waals surface area contributed by atoms with Gasteiger partial charge in [-0.1, -0.05) is 26.3 Å². The average molecular weight is 284 g/mol. The predicted octanol–water partition coefficient (Wildman–Crippen LogP) is 1.43. The fraction of sp³-hybridized carbons (Fsp3) is 0.462. The summed E-state index contributed by atoms with van der Waals surface area (Å²) in [6, 6.07) is 4.60. The SMILES string of the molecule is CCCCNC(=O)c1ccc(CC)c(S(N)(=O)=O)c1. The lowest BCUT2D eigenvalue weighted by Crippen LogP contribution is -2.25. The Hall–Kier alpha value is -1.40. The zero-order valence-electron chi connectivity index (χ0n) is 11.3. The van der Waals surface area contributed by atoms with Gasteiger partial charge in [0.05, 0.1) is 4.90 Å². The number of benzene rings is 1. The van der Waals surface area contributed by atoms with Crippen molar-refractivity contribution < 1.29 is 13.2 Å². The minimum atomic E-state index is -3.81. The molecule has 6 heteroatoms. The summed E-state index contributed by atoms with van der Waals surface area (Å²) >= 11 is 0. The third-order valence-corrected chi connectivity index (χ3v) is 3.83. The van der Waals surface area contributed by atoms with Gasteiger partial charge in [-0.15, -0.1) is 0 Å². The van der Waals surface area contributed by atoms with Gasteiger partial charge in [0.1, 0.15) is 0 Å². The molecule has 0 aliphatic heterocycles. The minimum Gasteiger partial charge on any atom is -0.352 e. The Kier molecular flexibility index (Phi) is 5.50. The Morgan fingerprint density at radius 2 is 2.00 bits per heavy atom. The summed E-state index contributed by atoms with van der Waals surface area (Å²) in [5, 5.41) is 7.91. The molecule has 0 radical (unpaired) electrons. The maximum Gasteiger partial charge on any atom is 0.251 e. The summed E-state index contributed by atoms with van der Waals surface area (Å²) in [6.45, 7) is 4.45. The van der Waals surface area contributed by atoms with Crippen molar-refractivity contribution in [2.75, 3.05) is 6.54 Å². The van der Waals surface area contributed by atoms with Crippen molar-refractivity contribution >= 4 is 15.9 Å². The average Bonchev–Trinajstić information content (AvgIpc) is 2.37. The second kappa shape index (κ2) is 6.68. The van der Waals surface area contributed by atoms with E-state index in [4.69, 9.17) is 5.14 Å². The second-order valence-electron chi connectivity index (χ2n) is 4.33. The van der Waals surface area contributed by atoms with Crippen LogP contribution < -0.4 is 10.5 Å². The monoisotopic (exact) mass is 284 g/mol. The van der Waals surface area contributed by atoms with E-state index in [2.05, 4.69) is 5.32 Å². The lowest BCUT2D eigenvalue weighted by molar-refractivity contribution is 0.0953. The van der Waals surface area contributed by atoms with Gasteiger partial charge in [0.25, 0.3) is 5.91 Å². The first kappa shape index (κ1) is 15.7. The highest BCUT2D eigenvalue weighted by Crippen LogP contribution is 2.17. The molecule has 0 saturated heterocycles. The quantitative estimate of drug-likeness (QED) is 0.774. The van der Waals surface area contributed by atoms with Crippen LogP contribution in [0.5, 0.6) is 0 Å². The molecule has 0 unspecified atom stereocenters. The number of amides is 1. The molecule has 0 atom stereocenters. The van der Waals surface area contributed by atoms with Gasteiger partial charge in [0, 0.05) is 12.1 Å². The van der Waals surface area contributed by atoms with E-state index in [0.29, 0.717) is 24.1 Å². The first-order chi connectivity index (χ1) is 8.90. The summed E-state index contributed by atoms with van der Waals surface area (Å²) in [7, 11) is -3.81. The molecule has 0 aromatic heterocycles. The number of nitrogens with one attached hydrogen (secondary N) is 1. The zero-order chi connectivity index (χ0) is 14.5. The Balaban J connectivity index is 3.02. The first-order valence-corrected chi connectivity index (χ1v) is 7.88. The summed E-state index contributed by atoms with van der Waals surface area (Å²) in [5.41, 5.74) is 0.935. The van der Waals surface area contributed by atoms with Gasteiger partial charge < -0.3 is 5.32 Å². The molecule has 0 bridgehead atoms. The predicted molar refractivity (Wildman–Crippen MR) is 74.4 cm³/mol. The Bertz CT molecular complexity index is 553. The fourth-order valence-electron chi connectivity index (χ4n) is 1.73. The molecule has 0 aliphatic carbocycles. The van der Waals surface area contributed by atoms with Crippen LogP contribution in [-0.2, 0) is 16.4 Å². The molecule has 1 rings (SSSR count). The fourth-order valence-corrected chi connectivity index (χ4v) is 2.60. The highest BCUT2D eigenvalue weighted by Gasteiger charge is 2.16. The van der Waals surface area contributed by atoms with Crippen LogP contribution in [0, 0.1) is 0 Å². The van der Waals surface area contributed by atoms with Crippen molar-refractivity contribution in [3.63, 3.8) is 0 Å². The molecule has 0 spiro atoms. The number of primary sulfonamides is 1. The molecule has 19 heavy (non-hydrogen) atoms. The number of nitrogens with two attached hydrogens (primary N) is 1. The van der Waals surface area contributed by atoms with E-state index in [0.717, 1.165) is 12.8 Å². The van der Waals surface area contributed by atoms with Gasteiger partial charge in [0.15, 0.2) is 0 Å². The van der Waals surface area contributed by atoms with E-state index in [1.807, 2.05) is 13.8 Å². The Morgan fingerprint density at radius 3 is 2.53 bits per heavy atom. The van der Waals surface area contributed by atoms with Crippen LogP contribution in [0.25, 0.3) is 0 Å². The van der Waals surface area contributed by atoms with Crippen molar-refractivity contribution in [3.8, 4) is 0 Å². The van der Waals surface area contributed by atoms with E-state index in [9.17, 15) is 13.2 Å². The first-order valence-electron chi connectivity index (χ1n) is 6.34. The maximum absolute atomic E-state index is 11.9. The molecule has 0 aliphatic rings. The van der Waals surface area contributed by atoms with Crippen LogP contribution in [-0.4, -0.2) is 20.9 Å². The van der Waals surface area contributed by atoms with Crippen molar-refractivity contribution in [1.82, 2.24) is 5.32 Å². The third kappa shape index (κ3) is 4.33.